The van der Waals surface area contributed by atoms with Gasteiger partial charge in [0.25, 0.3) is 13.3 Å². The van der Waals surface area contributed by atoms with Crippen molar-refractivity contribution in [3.63, 3.8) is 0 Å². The molecule has 8 nitrogen and oxygen atoms in total. The maximum absolute atomic E-state index is 14.4. The molecule has 0 aliphatic rings. The van der Waals surface area contributed by atoms with Crippen molar-refractivity contribution in [2.75, 3.05) is 7.11 Å². The number of nitrogens with zero attached hydrogens (tertiary/aromatic N) is 2. The topological polar surface area (TPSA) is 111 Å². The maximum Gasteiger partial charge on any atom is 0.268 e. The van der Waals surface area contributed by atoms with Gasteiger partial charge in [0.2, 0.25) is 6.20 Å². The lowest BCUT2D eigenvalue weighted by Gasteiger charge is -2.19. The molecule has 0 aliphatic heterocycles. The highest BCUT2D eigenvalue weighted by Crippen LogP contribution is 2.47. The number of hydrogen-bond donors (Lipinski definition) is 2. The summed E-state index contributed by atoms with van der Waals surface area (Å²) in [5, 5.41) is 19.4. The molecule has 1 unspecified atom stereocenters. The number of benzene rings is 2. The van der Waals surface area contributed by atoms with Crippen molar-refractivity contribution in [3.8, 4) is 0 Å². The Bertz CT molecular complexity index is 1400. The molecule has 4 rings (SSSR count). The van der Waals surface area contributed by atoms with Gasteiger partial charge in [0.15, 0.2) is 0 Å². The zero-order valence-corrected chi connectivity index (χ0v) is 19.9. The predicted octanol–water partition coefficient (Wildman–Crippen LogP) is 3.27. The molecule has 170 valence electrons. The number of H-pyrrole nitrogens is 1. The molecule has 0 saturated heterocycles. The molecule has 1 amide bonds. The lowest BCUT2D eigenvalue weighted by molar-refractivity contribution is -0.669. The van der Waals surface area contributed by atoms with Crippen LogP contribution in [0.2, 0.25) is 5.02 Å². The van der Waals surface area contributed by atoms with Crippen molar-refractivity contribution in [3.05, 3.63) is 87.5 Å². The standard InChI is InChI=1S/C23H22ClN4O4P/c1-14-8-15(2)10-18(9-14)33(31,32-3)22-19-11-17(24)4-5-20(19)27-21(22)23(29)25-12-16-6-7-26-28(30)13-16/h4-11,13,27H,12H2,1-3H3,(H,25,29). The average molecular weight is 485 g/mol. The fraction of sp³-hybridized carbons (Fsp3) is 0.174. The zero-order chi connectivity index (χ0) is 23.8. The third kappa shape index (κ3) is 4.50. The Balaban J connectivity index is 1.85. The fourth-order valence-electron chi connectivity index (χ4n) is 3.85. The smallest absolute Gasteiger partial charge is 0.268 e. The van der Waals surface area contributed by atoms with E-state index in [-0.39, 0.29) is 17.5 Å². The number of fused-ring (bicyclic) bond motifs is 1. The molecule has 4 aromatic rings. The molecule has 0 spiro atoms. The Morgan fingerprint density at radius 3 is 2.61 bits per heavy atom. The Labute approximate surface area is 195 Å². The van der Waals surface area contributed by atoms with Gasteiger partial charge in [-0.25, -0.2) is 0 Å². The number of nitrogens with one attached hydrogen (secondary N) is 2. The molecule has 0 aliphatic carbocycles. The first-order chi connectivity index (χ1) is 15.7. The molecule has 2 N–H and O–H groups in total. The van der Waals surface area contributed by atoms with Gasteiger partial charge in [-0.15, -0.1) is 0 Å². The van der Waals surface area contributed by atoms with E-state index in [1.165, 1.54) is 19.5 Å². The van der Waals surface area contributed by atoms with Gasteiger partial charge in [-0.3, -0.25) is 9.36 Å². The highest BCUT2D eigenvalue weighted by molar-refractivity contribution is 7.75. The first kappa shape index (κ1) is 23.0. The first-order valence-corrected chi connectivity index (χ1v) is 12.1. The van der Waals surface area contributed by atoms with Crippen LogP contribution in [0, 0.1) is 19.1 Å². The summed E-state index contributed by atoms with van der Waals surface area (Å²) in [6, 6.07) is 12.3. The van der Waals surface area contributed by atoms with E-state index in [2.05, 4.69) is 15.4 Å². The Morgan fingerprint density at radius 1 is 1.21 bits per heavy atom. The summed E-state index contributed by atoms with van der Waals surface area (Å²) in [5.74, 6) is -0.492. The highest BCUT2D eigenvalue weighted by atomic mass is 35.5. The van der Waals surface area contributed by atoms with Crippen LogP contribution in [-0.2, 0) is 15.6 Å². The Morgan fingerprint density at radius 2 is 1.94 bits per heavy atom. The molecule has 0 saturated carbocycles. The van der Waals surface area contributed by atoms with Gasteiger partial charge in [0, 0.05) is 45.5 Å². The first-order valence-electron chi connectivity index (χ1n) is 10.1. The average Bonchev–Trinajstić information content (AvgIpc) is 3.15. The van der Waals surface area contributed by atoms with E-state index < -0.39 is 13.3 Å². The Kier molecular flexibility index (Phi) is 6.26. The molecular weight excluding hydrogens is 463 g/mol. The molecule has 0 fully saturated rings. The fourth-order valence-corrected chi connectivity index (χ4v) is 6.38. The monoisotopic (exact) mass is 484 g/mol. The van der Waals surface area contributed by atoms with Crippen LogP contribution in [0.25, 0.3) is 10.9 Å². The van der Waals surface area contributed by atoms with E-state index in [9.17, 15) is 14.6 Å². The summed E-state index contributed by atoms with van der Waals surface area (Å²) in [7, 11) is -2.32. The number of aromatic amines is 1. The lowest BCUT2D eigenvalue weighted by atomic mass is 10.2. The minimum absolute atomic E-state index is 0.0833. The van der Waals surface area contributed by atoms with E-state index in [4.69, 9.17) is 16.1 Å². The van der Waals surface area contributed by atoms with Crippen LogP contribution in [-0.4, -0.2) is 23.1 Å². The molecule has 2 aromatic heterocycles. The summed E-state index contributed by atoms with van der Waals surface area (Å²) >= 11 is 6.24. The van der Waals surface area contributed by atoms with Crippen molar-refractivity contribution in [1.29, 1.82) is 0 Å². The van der Waals surface area contributed by atoms with Gasteiger partial charge < -0.3 is 20.0 Å². The molecular formula is C23H22ClN4O4P. The molecule has 2 aromatic carbocycles. The van der Waals surface area contributed by atoms with Crippen LogP contribution < -0.4 is 20.8 Å². The predicted molar refractivity (Wildman–Crippen MR) is 127 cm³/mol. The molecule has 0 radical (unpaired) electrons. The second-order valence-electron chi connectivity index (χ2n) is 7.74. The maximum atomic E-state index is 14.4. The zero-order valence-electron chi connectivity index (χ0n) is 18.3. The van der Waals surface area contributed by atoms with Crippen LogP contribution >= 0.6 is 19.0 Å². The molecule has 0 bridgehead atoms. The molecule has 10 heteroatoms. The third-order valence-corrected chi connectivity index (χ3v) is 8.00. The third-order valence-electron chi connectivity index (χ3n) is 5.26. The number of amides is 1. The van der Waals surface area contributed by atoms with Gasteiger partial charge in [0.05, 0.1) is 11.5 Å². The molecule has 33 heavy (non-hydrogen) atoms. The lowest BCUT2D eigenvalue weighted by Crippen LogP contribution is -2.33. The van der Waals surface area contributed by atoms with Crippen molar-refractivity contribution >= 4 is 46.4 Å². The summed E-state index contributed by atoms with van der Waals surface area (Å²) in [6.45, 7) is 3.90. The van der Waals surface area contributed by atoms with Crippen LogP contribution in [0.3, 0.4) is 0 Å². The summed E-state index contributed by atoms with van der Waals surface area (Å²) in [4.78, 5) is 16.7. The summed E-state index contributed by atoms with van der Waals surface area (Å²) in [5.41, 5.74) is 3.13. The number of aryl methyl sites for hydroxylation is 2. The van der Waals surface area contributed by atoms with E-state index in [1.807, 2.05) is 19.9 Å². The van der Waals surface area contributed by atoms with E-state index >= 15 is 0 Å². The van der Waals surface area contributed by atoms with E-state index in [0.29, 0.717) is 31.6 Å². The largest absolute Gasteiger partial charge is 0.594 e. The molecule has 1 atom stereocenters. The van der Waals surface area contributed by atoms with E-state index in [1.54, 1.807) is 36.4 Å². The number of aromatic nitrogens is 3. The number of carbonyl (C=O) groups is 1. The van der Waals surface area contributed by atoms with Crippen LogP contribution in [0.15, 0.2) is 54.9 Å². The number of hydrogen-bond acceptors (Lipinski definition) is 5. The van der Waals surface area contributed by atoms with E-state index in [0.717, 1.165) is 11.1 Å². The van der Waals surface area contributed by atoms with Crippen LogP contribution in [0.1, 0.15) is 27.2 Å². The van der Waals surface area contributed by atoms with Crippen LogP contribution in [0.4, 0.5) is 0 Å². The number of rotatable bonds is 6. The van der Waals surface area contributed by atoms with Gasteiger partial charge in [-0.2, -0.15) is 0 Å². The van der Waals surface area contributed by atoms with Gasteiger partial charge in [-0.1, -0.05) is 33.6 Å². The van der Waals surface area contributed by atoms with Gasteiger partial charge in [0.1, 0.15) is 5.69 Å². The second kappa shape index (κ2) is 8.98. The molecule has 2 heterocycles. The quantitative estimate of drug-likeness (QED) is 0.248. The van der Waals surface area contributed by atoms with Crippen molar-refractivity contribution in [1.82, 2.24) is 15.4 Å². The normalized spacial score (nSPS) is 13.1. The van der Waals surface area contributed by atoms with Crippen molar-refractivity contribution in [2.45, 2.75) is 20.4 Å². The minimum atomic E-state index is -3.69. The van der Waals surface area contributed by atoms with Gasteiger partial charge in [-0.05, 0) is 50.2 Å². The SMILES string of the molecule is COP(=O)(c1cc(C)cc(C)c1)c1c(C(=O)NCc2ccn[n+]([O-])c2)[nH]c2ccc(Cl)cc12. The van der Waals surface area contributed by atoms with Crippen molar-refractivity contribution in [2.24, 2.45) is 0 Å². The van der Waals surface area contributed by atoms with Crippen LogP contribution in [0.5, 0.6) is 0 Å². The summed E-state index contributed by atoms with van der Waals surface area (Å²) in [6.07, 6.45) is 2.62. The minimum Gasteiger partial charge on any atom is -0.594 e. The van der Waals surface area contributed by atoms with Gasteiger partial charge >= 0.3 is 0 Å². The second-order valence-corrected chi connectivity index (χ2v) is 10.6. The van der Waals surface area contributed by atoms with Crippen molar-refractivity contribution < 1.29 is 18.7 Å². The highest BCUT2D eigenvalue weighted by Gasteiger charge is 2.36. The number of carbonyl (C=O) groups excluding carboxylic acids is 1. The number of halogens is 1. The Hall–Kier alpha value is -3.19. The summed E-state index contributed by atoms with van der Waals surface area (Å²) < 4.78 is 20.1.